The normalized spacial score (nSPS) is 39.9. The van der Waals surface area contributed by atoms with Gasteiger partial charge in [-0.3, -0.25) is 4.79 Å². The van der Waals surface area contributed by atoms with Crippen LogP contribution in [0, 0.1) is 11.8 Å². The van der Waals surface area contributed by atoms with E-state index in [1.165, 1.54) is 0 Å². The molecule has 0 aliphatic heterocycles. The molecule has 0 aromatic rings. The lowest BCUT2D eigenvalue weighted by Gasteiger charge is -2.39. The molecule has 1 amide bonds. The predicted molar refractivity (Wildman–Crippen MR) is 75.5 cm³/mol. The Morgan fingerprint density at radius 1 is 1.21 bits per heavy atom. The van der Waals surface area contributed by atoms with E-state index in [0.717, 1.165) is 44.9 Å². The molecule has 0 spiro atoms. The van der Waals surface area contributed by atoms with Crippen LogP contribution in [0.25, 0.3) is 0 Å². The van der Waals surface area contributed by atoms with Gasteiger partial charge in [0.1, 0.15) is 0 Å². The van der Waals surface area contributed by atoms with Crippen LogP contribution in [0.1, 0.15) is 51.9 Å². The maximum atomic E-state index is 12.6. The van der Waals surface area contributed by atoms with Crippen LogP contribution < -0.4 is 5.73 Å². The summed E-state index contributed by atoms with van der Waals surface area (Å²) in [5.41, 5.74) is 6.09. The van der Waals surface area contributed by atoms with Crippen molar-refractivity contribution in [3.63, 3.8) is 0 Å². The summed E-state index contributed by atoms with van der Waals surface area (Å²) in [6.45, 7) is 2.17. The van der Waals surface area contributed by atoms with Gasteiger partial charge in [-0.05, 0) is 38.0 Å². The van der Waals surface area contributed by atoms with Gasteiger partial charge >= 0.3 is 0 Å². The second kappa shape index (κ2) is 6.23. The molecule has 0 bridgehead atoms. The Balaban J connectivity index is 1.95. The highest BCUT2D eigenvalue weighted by Gasteiger charge is 2.35. The molecule has 0 saturated heterocycles. The average Bonchev–Trinajstić information content (AvgIpc) is 2.41. The topological polar surface area (TPSA) is 66.6 Å². The van der Waals surface area contributed by atoms with Crippen LogP contribution in [0.4, 0.5) is 0 Å². The zero-order valence-electron chi connectivity index (χ0n) is 12.2. The smallest absolute Gasteiger partial charge is 0.225 e. The third-order valence-electron chi connectivity index (χ3n) is 5.15. The molecule has 0 heterocycles. The molecule has 5 atom stereocenters. The Kier molecular flexibility index (Phi) is 4.85. The number of hydrogen-bond donors (Lipinski definition) is 2. The third-order valence-corrected chi connectivity index (χ3v) is 5.15. The van der Waals surface area contributed by atoms with E-state index in [2.05, 4.69) is 6.92 Å². The lowest BCUT2D eigenvalue weighted by atomic mass is 9.78. The molecule has 110 valence electrons. The van der Waals surface area contributed by atoms with Gasteiger partial charge in [-0.2, -0.15) is 0 Å². The van der Waals surface area contributed by atoms with Crippen LogP contribution in [-0.2, 0) is 4.79 Å². The zero-order chi connectivity index (χ0) is 14.0. The molecule has 2 saturated carbocycles. The second-order valence-corrected chi connectivity index (χ2v) is 6.52. The minimum absolute atomic E-state index is 0.0109. The first-order chi connectivity index (χ1) is 9.00. The summed E-state index contributed by atoms with van der Waals surface area (Å²) in [6, 6.07) is 0.157. The monoisotopic (exact) mass is 268 g/mol. The SMILES string of the molecule is CC1CCC(C(=O)N(C)C2CCCCC2O)CC1N. The van der Waals surface area contributed by atoms with E-state index in [1.54, 1.807) is 4.90 Å². The van der Waals surface area contributed by atoms with Gasteiger partial charge in [-0.25, -0.2) is 0 Å². The van der Waals surface area contributed by atoms with Crippen molar-refractivity contribution in [1.82, 2.24) is 4.90 Å². The fraction of sp³-hybridized carbons (Fsp3) is 0.933. The van der Waals surface area contributed by atoms with Gasteiger partial charge in [0, 0.05) is 19.0 Å². The van der Waals surface area contributed by atoms with E-state index in [1.807, 2.05) is 7.05 Å². The number of carbonyl (C=O) groups is 1. The molecule has 3 N–H and O–H groups in total. The van der Waals surface area contributed by atoms with Crippen molar-refractivity contribution in [2.45, 2.75) is 70.1 Å². The van der Waals surface area contributed by atoms with Gasteiger partial charge in [0.15, 0.2) is 0 Å². The lowest BCUT2D eigenvalue weighted by molar-refractivity contribution is -0.141. The number of carbonyl (C=O) groups excluding carboxylic acids is 1. The van der Waals surface area contributed by atoms with Crippen LogP contribution in [0.15, 0.2) is 0 Å². The Hall–Kier alpha value is -0.610. The van der Waals surface area contributed by atoms with E-state index in [9.17, 15) is 9.90 Å². The van der Waals surface area contributed by atoms with E-state index < -0.39 is 0 Å². The van der Waals surface area contributed by atoms with Gasteiger partial charge in [-0.1, -0.05) is 19.8 Å². The van der Waals surface area contributed by atoms with Crippen LogP contribution >= 0.6 is 0 Å². The van der Waals surface area contributed by atoms with Crippen molar-refractivity contribution in [1.29, 1.82) is 0 Å². The Labute approximate surface area is 116 Å². The van der Waals surface area contributed by atoms with Crippen LogP contribution in [-0.4, -0.2) is 41.1 Å². The number of nitrogens with zero attached hydrogens (tertiary/aromatic N) is 1. The van der Waals surface area contributed by atoms with E-state index in [4.69, 9.17) is 5.73 Å². The molecule has 4 nitrogen and oxygen atoms in total. The molecule has 4 heteroatoms. The zero-order valence-corrected chi connectivity index (χ0v) is 12.2. The minimum Gasteiger partial charge on any atom is -0.391 e. The second-order valence-electron chi connectivity index (χ2n) is 6.52. The summed E-state index contributed by atoms with van der Waals surface area (Å²) >= 11 is 0. The summed E-state index contributed by atoms with van der Waals surface area (Å²) < 4.78 is 0. The number of rotatable bonds is 2. The lowest BCUT2D eigenvalue weighted by Crippen LogP contribution is -2.50. The number of nitrogens with two attached hydrogens (primary N) is 1. The summed E-state index contributed by atoms with van der Waals surface area (Å²) in [6.07, 6.45) is 6.37. The molecular weight excluding hydrogens is 240 g/mol. The fourth-order valence-corrected chi connectivity index (χ4v) is 3.58. The number of hydrogen-bond acceptors (Lipinski definition) is 3. The number of aliphatic hydroxyl groups excluding tert-OH is 1. The summed E-state index contributed by atoms with van der Waals surface area (Å²) in [4.78, 5) is 14.4. The molecule has 2 aliphatic rings. The maximum absolute atomic E-state index is 12.6. The van der Waals surface area contributed by atoms with Gasteiger partial charge in [0.2, 0.25) is 5.91 Å². The van der Waals surface area contributed by atoms with Crippen molar-refractivity contribution >= 4 is 5.91 Å². The van der Waals surface area contributed by atoms with Gasteiger partial charge < -0.3 is 15.7 Å². The minimum atomic E-state index is -0.348. The Morgan fingerprint density at radius 2 is 1.89 bits per heavy atom. The first-order valence-electron chi connectivity index (χ1n) is 7.71. The third kappa shape index (κ3) is 3.29. The largest absolute Gasteiger partial charge is 0.391 e. The van der Waals surface area contributed by atoms with Crippen molar-refractivity contribution in [3.8, 4) is 0 Å². The summed E-state index contributed by atoms with van der Waals surface area (Å²) in [5.74, 6) is 0.772. The number of aliphatic hydroxyl groups is 1. The standard InChI is InChI=1S/C15H28N2O2/c1-10-7-8-11(9-12(10)16)15(19)17(2)13-5-3-4-6-14(13)18/h10-14,18H,3-9,16H2,1-2H3. The average molecular weight is 268 g/mol. The molecule has 0 aromatic carbocycles. The van der Waals surface area contributed by atoms with E-state index >= 15 is 0 Å². The highest BCUT2D eigenvalue weighted by molar-refractivity contribution is 5.79. The van der Waals surface area contributed by atoms with Crippen LogP contribution in [0.2, 0.25) is 0 Å². The highest BCUT2D eigenvalue weighted by atomic mass is 16.3. The van der Waals surface area contributed by atoms with Crippen LogP contribution in [0.5, 0.6) is 0 Å². The molecular formula is C15H28N2O2. The van der Waals surface area contributed by atoms with Crippen molar-refractivity contribution in [3.05, 3.63) is 0 Å². The molecule has 2 aliphatic carbocycles. The quantitative estimate of drug-likeness (QED) is 0.798. The molecule has 2 rings (SSSR count). The molecule has 0 aromatic heterocycles. The summed E-state index contributed by atoms with van der Waals surface area (Å²) in [7, 11) is 1.85. The highest BCUT2D eigenvalue weighted by Crippen LogP contribution is 2.31. The van der Waals surface area contributed by atoms with Crippen LogP contribution in [0.3, 0.4) is 0 Å². The van der Waals surface area contributed by atoms with Gasteiger partial charge in [0.25, 0.3) is 0 Å². The Bertz CT molecular complexity index is 321. The Morgan fingerprint density at radius 3 is 2.53 bits per heavy atom. The number of likely N-dealkylation sites (N-methyl/N-ethyl adjacent to an activating group) is 1. The molecule has 19 heavy (non-hydrogen) atoms. The molecule has 5 unspecified atom stereocenters. The fourth-order valence-electron chi connectivity index (χ4n) is 3.58. The van der Waals surface area contributed by atoms with Crippen molar-refractivity contribution < 1.29 is 9.90 Å². The predicted octanol–water partition coefficient (Wildman–Crippen LogP) is 1.51. The van der Waals surface area contributed by atoms with E-state index in [0.29, 0.717) is 5.92 Å². The van der Waals surface area contributed by atoms with Gasteiger partial charge in [0.05, 0.1) is 12.1 Å². The first kappa shape index (κ1) is 14.8. The van der Waals surface area contributed by atoms with Crippen molar-refractivity contribution in [2.24, 2.45) is 17.6 Å². The maximum Gasteiger partial charge on any atom is 0.225 e. The van der Waals surface area contributed by atoms with Gasteiger partial charge in [-0.15, -0.1) is 0 Å². The number of amides is 1. The van der Waals surface area contributed by atoms with Crippen molar-refractivity contribution in [2.75, 3.05) is 7.05 Å². The molecule has 0 radical (unpaired) electrons. The summed E-state index contributed by atoms with van der Waals surface area (Å²) in [5, 5.41) is 10.1. The molecule has 2 fully saturated rings. The van der Waals surface area contributed by atoms with E-state index in [-0.39, 0.29) is 30.0 Å². The first-order valence-corrected chi connectivity index (χ1v) is 7.71.